The molecule has 11 heteroatoms. The maximum Gasteiger partial charge on any atom is 0.263 e. The van der Waals surface area contributed by atoms with Gasteiger partial charge >= 0.3 is 0 Å². The zero-order valence-electron chi connectivity index (χ0n) is 20.6. The van der Waals surface area contributed by atoms with E-state index in [1.165, 1.54) is 73.6 Å². The molecule has 2 aromatic heterocycles. The van der Waals surface area contributed by atoms with Gasteiger partial charge in [0, 0.05) is 34.7 Å². The Balaban J connectivity index is 1.66. The molecule has 9 nitrogen and oxygen atoms in total. The molecule has 0 aliphatic heterocycles. The van der Waals surface area contributed by atoms with Gasteiger partial charge in [0.1, 0.15) is 23.6 Å². The maximum atomic E-state index is 15.6. The molecule has 1 N–H and O–H groups in total. The average molecular weight is 536 g/mol. The lowest BCUT2D eigenvalue weighted by Gasteiger charge is -2.17. The highest BCUT2D eigenvalue weighted by molar-refractivity contribution is 7.92. The summed E-state index contributed by atoms with van der Waals surface area (Å²) >= 11 is 0. The fraction of sp³-hybridized carbons (Fsp3) is 0.111. The summed E-state index contributed by atoms with van der Waals surface area (Å²) in [5.74, 6) is 0.161. The minimum absolute atomic E-state index is 0.0283. The number of aromatic nitrogens is 2. The predicted molar refractivity (Wildman–Crippen MR) is 140 cm³/mol. The summed E-state index contributed by atoms with van der Waals surface area (Å²) in [7, 11) is -1.06. The molecule has 0 amide bonds. The number of nitrogens with zero attached hydrogens (tertiary/aromatic N) is 2. The number of hydrogen-bond donors (Lipinski definition) is 1. The van der Waals surface area contributed by atoms with E-state index in [2.05, 4.69) is 14.4 Å². The Kier molecular flexibility index (Phi) is 6.37. The van der Waals surface area contributed by atoms with Crippen molar-refractivity contribution < 1.29 is 26.8 Å². The van der Waals surface area contributed by atoms with Crippen molar-refractivity contribution in [1.29, 1.82) is 0 Å². The molecule has 5 aromatic rings. The molecule has 0 unspecified atom stereocenters. The predicted octanol–water partition coefficient (Wildman–Crippen LogP) is 4.91. The van der Waals surface area contributed by atoms with Crippen LogP contribution in [0.25, 0.3) is 27.7 Å². The number of benzene rings is 3. The van der Waals surface area contributed by atoms with Crippen LogP contribution in [-0.4, -0.2) is 32.4 Å². The van der Waals surface area contributed by atoms with Gasteiger partial charge in [-0.05, 0) is 49.4 Å². The van der Waals surface area contributed by atoms with Gasteiger partial charge in [-0.15, -0.1) is 0 Å². The molecule has 0 atom stereocenters. The molecule has 0 saturated carbocycles. The molecule has 38 heavy (non-hydrogen) atoms. The van der Waals surface area contributed by atoms with E-state index < -0.39 is 21.4 Å². The number of pyridine rings is 1. The van der Waals surface area contributed by atoms with Crippen LogP contribution >= 0.6 is 0 Å². The van der Waals surface area contributed by atoms with E-state index in [4.69, 9.17) is 9.47 Å². The topological polar surface area (TPSA) is 113 Å². The number of anilines is 1. The van der Waals surface area contributed by atoms with E-state index in [-0.39, 0.29) is 27.7 Å². The summed E-state index contributed by atoms with van der Waals surface area (Å²) in [5, 5.41) is 3.99. The van der Waals surface area contributed by atoms with Crippen LogP contribution in [-0.2, 0) is 10.0 Å². The lowest BCUT2D eigenvalue weighted by atomic mass is 10.0. The van der Waals surface area contributed by atoms with Gasteiger partial charge in [0.2, 0.25) is 0 Å². The molecule has 2 heterocycles. The molecule has 0 radical (unpaired) electrons. The third kappa shape index (κ3) is 4.48. The number of hydrogen-bond acceptors (Lipinski definition) is 7. The second kappa shape index (κ2) is 9.67. The van der Waals surface area contributed by atoms with Gasteiger partial charge in [-0.3, -0.25) is 14.1 Å². The molecule has 0 spiro atoms. The fourth-order valence-corrected chi connectivity index (χ4v) is 5.25. The zero-order chi connectivity index (χ0) is 27.0. The van der Waals surface area contributed by atoms with E-state index in [0.717, 1.165) is 5.56 Å². The molecule has 0 aliphatic rings. The van der Waals surface area contributed by atoms with Crippen molar-refractivity contribution in [3.05, 3.63) is 94.7 Å². The smallest absolute Gasteiger partial charge is 0.263 e. The third-order valence-corrected chi connectivity index (χ3v) is 7.36. The Labute approximate surface area is 217 Å². The van der Waals surface area contributed by atoms with E-state index in [9.17, 15) is 13.2 Å². The van der Waals surface area contributed by atoms with Crippen LogP contribution in [0.15, 0.2) is 87.2 Å². The number of sulfonamides is 1. The SMILES string of the molecule is COc1ccc(C)cc1-c1cc(OC)c(-n2c(=O)ccc3cc(S(=O)(=O)Nc4ccon4)ccc32)cc1F. The fourth-order valence-electron chi connectivity index (χ4n) is 4.22. The molecular formula is C27H22FN3O6S. The van der Waals surface area contributed by atoms with Crippen molar-refractivity contribution in [3.63, 3.8) is 0 Å². The highest BCUT2D eigenvalue weighted by Crippen LogP contribution is 2.38. The number of methoxy groups -OCH3 is 2. The quantitative estimate of drug-likeness (QED) is 0.315. The summed E-state index contributed by atoms with van der Waals surface area (Å²) in [5.41, 5.74) is 1.76. The Hall–Kier alpha value is -4.64. The maximum absolute atomic E-state index is 15.6. The first-order valence-corrected chi connectivity index (χ1v) is 12.8. The van der Waals surface area contributed by atoms with E-state index in [0.29, 0.717) is 22.2 Å². The number of halogens is 1. The molecule has 0 bridgehead atoms. The Morgan fingerprint density at radius 1 is 0.921 bits per heavy atom. The van der Waals surface area contributed by atoms with Crippen LogP contribution in [0.3, 0.4) is 0 Å². The van der Waals surface area contributed by atoms with Gasteiger partial charge in [0.25, 0.3) is 15.6 Å². The number of ether oxygens (including phenoxy) is 2. The number of aryl methyl sites for hydroxylation is 1. The van der Waals surface area contributed by atoms with Crippen LogP contribution in [0.4, 0.5) is 10.2 Å². The Bertz CT molecular complexity index is 1830. The van der Waals surface area contributed by atoms with E-state index >= 15 is 4.39 Å². The molecule has 0 fully saturated rings. The number of rotatable bonds is 7. The van der Waals surface area contributed by atoms with Gasteiger partial charge in [-0.2, -0.15) is 0 Å². The number of fused-ring (bicyclic) bond motifs is 1. The largest absolute Gasteiger partial charge is 0.496 e. The summed E-state index contributed by atoms with van der Waals surface area (Å²) < 4.78 is 60.5. The summed E-state index contributed by atoms with van der Waals surface area (Å²) in [4.78, 5) is 13.0. The number of nitrogens with one attached hydrogen (secondary N) is 1. The van der Waals surface area contributed by atoms with Crippen LogP contribution in [0, 0.1) is 12.7 Å². The molecule has 3 aromatic carbocycles. The molecule has 0 saturated heterocycles. The van der Waals surface area contributed by atoms with Crippen LogP contribution < -0.4 is 19.8 Å². The average Bonchev–Trinajstić information content (AvgIpc) is 3.40. The first kappa shape index (κ1) is 25.0. The molecule has 5 rings (SSSR count). The first-order chi connectivity index (χ1) is 18.2. The van der Waals surface area contributed by atoms with Gasteiger partial charge in [0.05, 0.1) is 30.3 Å². The Morgan fingerprint density at radius 2 is 1.71 bits per heavy atom. The third-order valence-electron chi connectivity index (χ3n) is 6.01. The van der Waals surface area contributed by atoms with Crippen molar-refractivity contribution in [1.82, 2.24) is 9.72 Å². The van der Waals surface area contributed by atoms with Crippen molar-refractivity contribution in [3.8, 4) is 28.3 Å². The lowest BCUT2D eigenvalue weighted by Crippen LogP contribution is -2.19. The van der Waals surface area contributed by atoms with Crippen LogP contribution in [0.5, 0.6) is 11.5 Å². The zero-order valence-corrected chi connectivity index (χ0v) is 21.4. The van der Waals surface area contributed by atoms with Crippen molar-refractivity contribution in [2.45, 2.75) is 11.8 Å². The van der Waals surface area contributed by atoms with Crippen molar-refractivity contribution >= 4 is 26.7 Å². The second-order valence-electron chi connectivity index (χ2n) is 8.43. The first-order valence-electron chi connectivity index (χ1n) is 11.3. The summed E-state index contributed by atoms with van der Waals surface area (Å²) in [6, 6.07) is 16.5. The highest BCUT2D eigenvalue weighted by Gasteiger charge is 2.21. The highest BCUT2D eigenvalue weighted by atomic mass is 32.2. The summed E-state index contributed by atoms with van der Waals surface area (Å²) in [6.45, 7) is 1.89. The normalized spacial score (nSPS) is 11.5. The minimum Gasteiger partial charge on any atom is -0.496 e. The molecule has 0 aliphatic carbocycles. The van der Waals surface area contributed by atoms with Gasteiger partial charge in [0.15, 0.2) is 5.82 Å². The van der Waals surface area contributed by atoms with Crippen LogP contribution in [0.2, 0.25) is 0 Å². The van der Waals surface area contributed by atoms with Crippen molar-refractivity contribution in [2.24, 2.45) is 0 Å². The van der Waals surface area contributed by atoms with Gasteiger partial charge < -0.3 is 14.0 Å². The van der Waals surface area contributed by atoms with Crippen LogP contribution in [0.1, 0.15) is 5.56 Å². The second-order valence-corrected chi connectivity index (χ2v) is 10.1. The Morgan fingerprint density at radius 3 is 2.42 bits per heavy atom. The van der Waals surface area contributed by atoms with Gasteiger partial charge in [-0.25, -0.2) is 12.8 Å². The van der Waals surface area contributed by atoms with E-state index in [1.54, 1.807) is 12.1 Å². The minimum atomic E-state index is -3.98. The van der Waals surface area contributed by atoms with E-state index in [1.807, 2.05) is 13.0 Å². The lowest BCUT2D eigenvalue weighted by molar-refractivity contribution is 0.411. The molecule has 194 valence electrons. The van der Waals surface area contributed by atoms with Crippen molar-refractivity contribution in [2.75, 3.05) is 18.9 Å². The van der Waals surface area contributed by atoms with Gasteiger partial charge in [-0.1, -0.05) is 16.8 Å². The monoisotopic (exact) mass is 535 g/mol. The summed E-state index contributed by atoms with van der Waals surface area (Å²) in [6.07, 6.45) is 1.24. The molecular weight excluding hydrogens is 513 g/mol. The standard InChI is InChI=1S/C27H22FN3O6S/c1-16-4-8-24(35-2)20(12-16)19-14-25(36-3)23(15-21(19)28)31-22-7-6-18(13-17(22)5-9-27(31)32)38(33,34)30-26-10-11-37-29-26/h4-15H,1-3H3,(H,29,30).